The standard InChI is InChI=1S/C15H20N2O/c1-3-5-15(18)17(2)12-14-9-7-13(8-10-14)6-4-11-16/h7-10H,3,5,11-12,16H2,1-2H3. The van der Waals surface area contributed by atoms with Gasteiger partial charge >= 0.3 is 0 Å². The monoisotopic (exact) mass is 244 g/mol. The van der Waals surface area contributed by atoms with E-state index in [0.717, 1.165) is 17.5 Å². The summed E-state index contributed by atoms with van der Waals surface area (Å²) in [5, 5.41) is 0. The van der Waals surface area contributed by atoms with E-state index in [1.807, 2.05) is 38.2 Å². The molecule has 1 aromatic rings. The van der Waals surface area contributed by atoms with E-state index in [0.29, 0.717) is 19.5 Å². The summed E-state index contributed by atoms with van der Waals surface area (Å²) in [6.45, 7) is 3.02. The Labute approximate surface area is 109 Å². The summed E-state index contributed by atoms with van der Waals surface area (Å²) in [7, 11) is 1.83. The van der Waals surface area contributed by atoms with Crippen molar-refractivity contribution in [1.29, 1.82) is 0 Å². The number of nitrogens with zero attached hydrogens (tertiary/aromatic N) is 1. The van der Waals surface area contributed by atoms with Crippen molar-refractivity contribution in [2.24, 2.45) is 5.73 Å². The van der Waals surface area contributed by atoms with Gasteiger partial charge in [0.05, 0.1) is 6.54 Å². The number of hydrogen-bond donors (Lipinski definition) is 1. The molecule has 0 aliphatic carbocycles. The Morgan fingerprint density at radius 3 is 2.56 bits per heavy atom. The molecule has 3 heteroatoms. The molecule has 1 aromatic carbocycles. The Morgan fingerprint density at radius 2 is 2.00 bits per heavy atom. The predicted molar refractivity (Wildman–Crippen MR) is 73.8 cm³/mol. The smallest absolute Gasteiger partial charge is 0.222 e. The number of rotatable bonds is 4. The molecule has 0 spiro atoms. The van der Waals surface area contributed by atoms with Crippen molar-refractivity contribution in [3.05, 3.63) is 35.4 Å². The maximum Gasteiger partial charge on any atom is 0.222 e. The van der Waals surface area contributed by atoms with Gasteiger partial charge in [-0.05, 0) is 24.1 Å². The third-order valence-corrected chi connectivity index (χ3v) is 2.60. The van der Waals surface area contributed by atoms with Gasteiger partial charge in [0.25, 0.3) is 0 Å². The molecule has 0 saturated carbocycles. The summed E-state index contributed by atoms with van der Waals surface area (Å²) >= 11 is 0. The van der Waals surface area contributed by atoms with Crippen molar-refractivity contribution in [2.45, 2.75) is 26.3 Å². The second-order valence-electron chi connectivity index (χ2n) is 4.20. The Bertz CT molecular complexity index is 440. The van der Waals surface area contributed by atoms with Gasteiger partial charge in [0, 0.05) is 25.6 Å². The molecule has 0 aliphatic heterocycles. The molecule has 0 bridgehead atoms. The van der Waals surface area contributed by atoms with Crippen molar-refractivity contribution in [3.63, 3.8) is 0 Å². The maximum absolute atomic E-state index is 11.6. The number of amides is 1. The number of hydrogen-bond acceptors (Lipinski definition) is 2. The van der Waals surface area contributed by atoms with Crippen LogP contribution in [-0.2, 0) is 11.3 Å². The molecule has 0 heterocycles. The second kappa shape index (κ2) is 7.52. The maximum atomic E-state index is 11.6. The molecule has 96 valence electrons. The quantitative estimate of drug-likeness (QED) is 0.820. The van der Waals surface area contributed by atoms with Crippen molar-refractivity contribution >= 4 is 5.91 Å². The largest absolute Gasteiger partial charge is 0.341 e. The van der Waals surface area contributed by atoms with E-state index in [1.165, 1.54) is 0 Å². The molecule has 0 atom stereocenters. The van der Waals surface area contributed by atoms with Crippen molar-refractivity contribution < 1.29 is 4.79 Å². The topological polar surface area (TPSA) is 46.3 Å². The molecule has 18 heavy (non-hydrogen) atoms. The van der Waals surface area contributed by atoms with Gasteiger partial charge in [-0.15, -0.1) is 0 Å². The van der Waals surface area contributed by atoms with E-state index in [4.69, 9.17) is 5.73 Å². The average Bonchev–Trinajstić information content (AvgIpc) is 2.38. The lowest BCUT2D eigenvalue weighted by atomic mass is 10.1. The lowest BCUT2D eigenvalue weighted by Crippen LogP contribution is -2.25. The average molecular weight is 244 g/mol. The zero-order chi connectivity index (χ0) is 13.4. The van der Waals surface area contributed by atoms with E-state index < -0.39 is 0 Å². The Hall–Kier alpha value is -1.79. The molecule has 1 rings (SSSR count). The Kier molecular flexibility index (Phi) is 5.96. The van der Waals surface area contributed by atoms with Gasteiger partial charge in [0.1, 0.15) is 0 Å². The number of nitrogens with two attached hydrogens (primary N) is 1. The van der Waals surface area contributed by atoms with Crippen LogP contribution in [0.15, 0.2) is 24.3 Å². The summed E-state index contributed by atoms with van der Waals surface area (Å²) in [6.07, 6.45) is 1.49. The Morgan fingerprint density at radius 1 is 1.33 bits per heavy atom. The zero-order valence-electron chi connectivity index (χ0n) is 11.1. The molecular weight excluding hydrogens is 224 g/mol. The van der Waals surface area contributed by atoms with Crippen LogP contribution in [0.5, 0.6) is 0 Å². The first kappa shape index (κ1) is 14.3. The first-order chi connectivity index (χ1) is 8.67. The normalized spacial score (nSPS) is 9.50. The van der Waals surface area contributed by atoms with Crippen molar-refractivity contribution in [1.82, 2.24) is 4.90 Å². The van der Waals surface area contributed by atoms with Crippen LogP contribution in [0.2, 0.25) is 0 Å². The first-order valence-corrected chi connectivity index (χ1v) is 6.19. The van der Waals surface area contributed by atoms with Gasteiger partial charge in [-0.1, -0.05) is 30.9 Å². The molecule has 0 fully saturated rings. The van der Waals surface area contributed by atoms with Crippen LogP contribution in [-0.4, -0.2) is 24.4 Å². The van der Waals surface area contributed by atoms with Gasteiger partial charge in [-0.2, -0.15) is 0 Å². The molecule has 2 N–H and O–H groups in total. The molecule has 1 amide bonds. The fourth-order valence-electron chi connectivity index (χ4n) is 1.61. The van der Waals surface area contributed by atoms with E-state index in [1.54, 1.807) is 4.90 Å². The summed E-state index contributed by atoms with van der Waals surface area (Å²) < 4.78 is 0. The highest BCUT2D eigenvalue weighted by molar-refractivity contribution is 5.75. The number of benzene rings is 1. The van der Waals surface area contributed by atoms with Crippen molar-refractivity contribution in [3.8, 4) is 11.8 Å². The molecule has 0 unspecified atom stereocenters. The molecule has 0 saturated heterocycles. The Balaban J connectivity index is 2.60. The zero-order valence-corrected chi connectivity index (χ0v) is 11.1. The van der Waals surface area contributed by atoms with Gasteiger partial charge in [0.2, 0.25) is 5.91 Å². The minimum absolute atomic E-state index is 0.185. The van der Waals surface area contributed by atoms with E-state index in [9.17, 15) is 4.79 Å². The van der Waals surface area contributed by atoms with Gasteiger partial charge < -0.3 is 10.6 Å². The van der Waals surface area contributed by atoms with Gasteiger partial charge in [-0.3, -0.25) is 4.79 Å². The fourth-order valence-corrected chi connectivity index (χ4v) is 1.61. The summed E-state index contributed by atoms with van der Waals surface area (Å²) in [5.74, 6) is 5.97. The van der Waals surface area contributed by atoms with Crippen LogP contribution in [0.4, 0.5) is 0 Å². The molecular formula is C15H20N2O. The first-order valence-electron chi connectivity index (χ1n) is 6.19. The van der Waals surface area contributed by atoms with E-state index >= 15 is 0 Å². The summed E-state index contributed by atoms with van der Waals surface area (Å²) in [4.78, 5) is 13.4. The van der Waals surface area contributed by atoms with Crippen LogP contribution in [0, 0.1) is 11.8 Å². The number of carbonyl (C=O) groups is 1. The second-order valence-corrected chi connectivity index (χ2v) is 4.20. The van der Waals surface area contributed by atoms with Crippen LogP contribution < -0.4 is 5.73 Å². The molecule has 0 aliphatic rings. The van der Waals surface area contributed by atoms with Gasteiger partial charge in [-0.25, -0.2) is 0 Å². The third-order valence-electron chi connectivity index (χ3n) is 2.60. The van der Waals surface area contributed by atoms with Crippen LogP contribution in [0.1, 0.15) is 30.9 Å². The van der Waals surface area contributed by atoms with E-state index in [2.05, 4.69) is 11.8 Å². The lowest BCUT2D eigenvalue weighted by Gasteiger charge is -2.16. The third kappa shape index (κ3) is 4.60. The molecule has 3 nitrogen and oxygen atoms in total. The highest BCUT2D eigenvalue weighted by atomic mass is 16.2. The lowest BCUT2D eigenvalue weighted by molar-refractivity contribution is -0.130. The summed E-state index contributed by atoms with van der Waals surface area (Å²) in [5.41, 5.74) is 7.38. The van der Waals surface area contributed by atoms with Crippen LogP contribution >= 0.6 is 0 Å². The number of carbonyl (C=O) groups excluding carboxylic acids is 1. The minimum Gasteiger partial charge on any atom is -0.341 e. The summed E-state index contributed by atoms with van der Waals surface area (Å²) in [6, 6.07) is 7.90. The van der Waals surface area contributed by atoms with Gasteiger partial charge in [0.15, 0.2) is 0 Å². The minimum atomic E-state index is 0.185. The van der Waals surface area contributed by atoms with Crippen molar-refractivity contribution in [2.75, 3.05) is 13.6 Å². The van der Waals surface area contributed by atoms with E-state index in [-0.39, 0.29) is 5.91 Å². The SMILES string of the molecule is CCCC(=O)N(C)Cc1ccc(C#CCN)cc1. The highest BCUT2D eigenvalue weighted by Crippen LogP contribution is 2.07. The molecule has 0 aromatic heterocycles. The highest BCUT2D eigenvalue weighted by Gasteiger charge is 2.07. The van der Waals surface area contributed by atoms with Crippen LogP contribution in [0.25, 0.3) is 0 Å². The van der Waals surface area contributed by atoms with Crippen LogP contribution in [0.3, 0.4) is 0 Å². The predicted octanol–water partition coefficient (Wildman–Crippen LogP) is 1.76. The molecule has 0 radical (unpaired) electrons. The fraction of sp³-hybridized carbons (Fsp3) is 0.400.